The van der Waals surface area contributed by atoms with Gasteiger partial charge in [-0.3, -0.25) is 9.63 Å². The third kappa shape index (κ3) is 4.07. The van der Waals surface area contributed by atoms with Crippen LogP contribution in [0.15, 0.2) is 18.2 Å². The first-order valence-electron chi connectivity index (χ1n) is 5.60. The Hall–Kier alpha value is -1.86. The van der Waals surface area contributed by atoms with Crippen molar-refractivity contribution in [1.82, 2.24) is 10.4 Å². The number of halogens is 2. The van der Waals surface area contributed by atoms with Gasteiger partial charge in [-0.25, -0.2) is 14.2 Å². The molecule has 8 heteroatoms. The minimum atomic E-state index is -1.39. The average Bonchev–Trinajstić information content (AvgIpc) is 2.40. The van der Waals surface area contributed by atoms with Crippen LogP contribution in [0.5, 0.6) is 0 Å². The molecule has 0 fully saturated rings. The number of nitrogens with one attached hydrogen (secondary N) is 1. The molecule has 1 unspecified atom stereocenters. The van der Waals surface area contributed by atoms with Crippen LogP contribution in [-0.4, -0.2) is 42.4 Å². The fourth-order valence-electron chi connectivity index (χ4n) is 1.58. The molecular formula is C12H14ClFN2O4. The molecule has 0 aliphatic carbocycles. The quantitative estimate of drug-likeness (QED) is 0.811. The van der Waals surface area contributed by atoms with Crippen molar-refractivity contribution >= 4 is 23.6 Å². The molecule has 0 aliphatic heterocycles. The van der Waals surface area contributed by atoms with E-state index in [0.29, 0.717) is 0 Å². The number of carbonyl (C=O) groups is 2. The van der Waals surface area contributed by atoms with Crippen LogP contribution in [-0.2, 0) is 16.1 Å². The first kappa shape index (κ1) is 16.2. The Bertz CT molecular complexity index is 512. The molecule has 0 aromatic heterocycles. The van der Waals surface area contributed by atoms with E-state index in [9.17, 15) is 14.0 Å². The van der Waals surface area contributed by atoms with Gasteiger partial charge in [0.2, 0.25) is 0 Å². The molecule has 2 N–H and O–H groups in total. The minimum absolute atomic E-state index is 0.0934. The Labute approximate surface area is 120 Å². The number of likely N-dealkylation sites (N-methyl/N-ethyl adjacent to an activating group) is 1. The van der Waals surface area contributed by atoms with Crippen molar-refractivity contribution in [2.24, 2.45) is 0 Å². The van der Waals surface area contributed by atoms with E-state index in [1.807, 2.05) is 5.32 Å². The molecule has 6 nitrogen and oxygen atoms in total. The maximum absolute atomic E-state index is 13.8. The van der Waals surface area contributed by atoms with Gasteiger partial charge in [0.1, 0.15) is 11.9 Å². The highest BCUT2D eigenvalue weighted by Crippen LogP contribution is 2.19. The molecule has 2 amide bonds. The molecule has 1 atom stereocenters. The van der Waals surface area contributed by atoms with E-state index >= 15 is 0 Å². The van der Waals surface area contributed by atoms with E-state index in [2.05, 4.69) is 0 Å². The lowest BCUT2D eigenvalue weighted by atomic mass is 10.0. The number of amides is 2. The predicted molar refractivity (Wildman–Crippen MR) is 69.8 cm³/mol. The van der Waals surface area contributed by atoms with Gasteiger partial charge in [0.15, 0.2) is 0 Å². The van der Waals surface area contributed by atoms with Crippen LogP contribution in [0, 0.1) is 5.82 Å². The highest BCUT2D eigenvalue weighted by Gasteiger charge is 2.26. The predicted octanol–water partition coefficient (Wildman–Crippen LogP) is 1.68. The zero-order valence-electron chi connectivity index (χ0n) is 10.9. The van der Waals surface area contributed by atoms with E-state index in [1.54, 1.807) is 0 Å². The van der Waals surface area contributed by atoms with Gasteiger partial charge in [0.05, 0.1) is 12.1 Å². The van der Waals surface area contributed by atoms with Gasteiger partial charge in [0, 0.05) is 13.5 Å². The Balaban J connectivity index is 2.97. The summed E-state index contributed by atoms with van der Waals surface area (Å²) >= 11 is 5.64. The second-order valence-electron chi connectivity index (χ2n) is 3.94. The Kier molecular flexibility index (Phi) is 5.72. The number of nitrogens with zero attached hydrogens (tertiary/aromatic N) is 1. The zero-order valence-corrected chi connectivity index (χ0v) is 11.6. The Morgan fingerprint density at radius 2 is 2.20 bits per heavy atom. The summed E-state index contributed by atoms with van der Waals surface area (Å²) in [6.07, 6.45) is -1.57. The van der Waals surface area contributed by atoms with Gasteiger partial charge in [-0.15, -0.1) is 0 Å². The number of rotatable bonds is 5. The Morgan fingerprint density at radius 1 is 1.55 bits per heavy atom. The van der Waals surface area contributed by atoms with Gasteiger partial charge in [-0.05, 0) is 11.6 Å². The summed E-state index contributed by atoms with van der Waals surface area (Å²) in [6, 6.07) is 3.13. The van der Waals surface area contributed by atoms with E-state index in [4.69, 9.17) is 21.5 Å². The standard InChI is InChI=1S/C12H14ClFN2O4/c1-16(20-2)11(17)9(15-12(18)19)6-7-4-3-5-8(13)10(7)14/h3-5,9,15H,6H2,1-2H3,(H,18,19). The van der Waals surface area contributed by atoms with Gasteiger partial charge < -0.3 is 10.4 Å². The van der Waals surface area contributed by atoms with Crippen molar-refractivity contribution in [3.63, 3.8) is 0 Å². The molecule has 1 aromatic carbocycles. The number of carbonyl (C=O) groups excluding carboxylic acids is 1. The van der Waals surface area contributed by atoms with E-state index in [0.717, 1.165) is 5.06 Å². The van der Waals surface area contributed by atoms with Crippen molar-refractivity contribution in [2.75, 3.05) is 14.2 Å². The lowest BCUT2D eigenvalue weighted by Crippen LogP contribution is -2.48. The van der Waals surface area contributed by atoms with Gasteiger partial charge in [-0.1, -0.05) is 23.7 Å². The normalized spacial score (nSPS) is 11.8. The van der Waals surface area contributed by atoms with E-state index < -0.39 is 23.9 Å². The molecule has 0 saturated carbocycles. The maximum atomic E-state index is 13.8. The summed E-state index contributed by atoms with van der Waals surface area (Å²) < 4.78 is 13.8. The molecule has 0 spiro atoms. The molecule has 0 aliphatic rings. The summed E-state index contributed by atoms with van der Waals surface area (Å²) in [6.45, 7) is 0. The van der Waals surface area contributed by atoms with Crippen LogP contribution in [0.3, 0.4) is 0 Å². The van der Waals surface area contributed by atoms with E-state index in [1.165, 1.54) is 32.4 Å². The fraction of sp³-hybridized carbons (Fsp3) is 0.333. The van der Waals surface area contributed by atoms with Crippen LogP contribution >= 0.6 is 11.6 Å². The van der Waals surface area contributed by atoms with Crippen LogP contribution in [0.4, 0.5) is 9.18 Å². The second kappa shape index (κ2) is 7.06. The molecule has 0 radical (unpaired) electrons. The highest BCUT2D eigenvalue weighted by molar-refractivity contribution is 6.30. The smallest absolute Gasteiger partial charge is 0.405 e. The minimum Gasteiger partial charge on any atom is -0.465 e. The SMILES string of the molecule is CON(C)C(=O)C(Cc1cccc(Cl)c1F)NC(=O)O. The molecule has 110 valence electrons. The topological polar surface area (TPSA) is 78.9 Å². The lowest BCUT2D eigenvalue weighted by molar-refractivity contribution is -0.170. The lowest BCUT2D eigenvalue weighted by Gasteiger charge is -2.22. The summed E-state index contributed by atoms with van der Waals surface area (Å²) in [4.78, 5) is 27.4. The van der Waals surface area contributed by atoms with Crippen molar-refractivity contribution in [3.8, 4) is 0 Å². The monoisotopic (exact) mass is 304 g/mol. The Morgan fingerprint density at radius 3 is 2.75 bits per heavy atom. The summed E-state index contributed by atoms with van der Waals surface area (Å²) in [5.41, 5.74) is 0.133. The average molecular weight is 305 g/mol. The van der Waals surface area contributed by atoms with Crippen LogP contribution in [0.25, 0.3) is 0 Å². The number of hydroxylamine groups is 2. The number of hydrogen-bond donors (Lipinski definition) is 2. The third-order valence-electron chi connectivity index (χ3n) is 2.64. The van der Waals surface area contributed by atoms with Crippen molar-refractivity contribution in [1.29, 1.82) is 0 Å². The van der Waals surface area contributed by atoms with Crippen LogP contribution < -0.4 is 5.32 Å². The van der Waals surface area contributed by atoms with Gasteiger partial charge in [-0.2, -0.15) is 0 Å². The van der Waals surface area contributed by atoms with Gasteiger partial charge in [0.25, 0.3) is 5.91 Å². The molecule has 0 bridgehead atoms. The number of carboxylic acid groups (broad SMARTS) is 1. The second-order valence-corrected chi connectivity index (χ2v) is 4.34. The first-order valence-corrected chi connectivity index (χ1v) is 5.98. The number of hydrogen-bond acceptors (Lipinski definition) is 3. The molecule has 1 rings (SSSR count). The first-order chi connectivity index (χ1) is 9.36. The van der Waals surface area contributed by atoms with Gasteiger partial charge >= 0.3 is 6.09 Å². The van der Waals surface area contributed by atoms with Crippen LogP contribution in [0.2, 0.25) is 5.02 Å². The molecule has 0 heterocycles. The highest BCUT2D eigenvalue weighted by atomic mass is 35.5. The van der Waals surface area contributed by atoms with Crippen molar-refractivity contribution in [2.45, 2.75) is 12.5 Å². The summed E-state index contributed by atoms with van der Waals surface area (Å²) in [7, 11) is 2.59. The largest absolute Gasteiger partial charge is 0.465 e. The van der Waals surface area contributed by atoms with Crippen LogP contribution in [0.1, 0.15) is 5.56 Å². The maximum Gasteiger partial charge on any atom is 0.405 e. The number of benzene rings is 1. The fourth-order valence-corrected chi connectivity index (χ4v) is 1.78. The molecular weight excluding hydrogens is 291 g/mol. The molecule has 1 aromatic rings. The third-order valence-corrected chi connectivity index (χ3v) is 2.93. The zero-order chi connectivity index (χ0) is 15.3. The van der Waals surface area contributed by atoms with Crippen molar-refractivity contribution < 1.29 is 23.9 Å². The molecule has 0 saturated heterocycles. The van der Waals surface area contributed by atoms with Crippen molar-refractivity contribution in [3.05, 3.63) is 34.6 Å². The summed E-state index contributed by atoms with van der Waals surface area (Å²) in [5, 5.41) is 11.5. The van der Waals surface area contributed by atoms with E-state index in [-0.39, 0.29) is 17.0 Å². The molecule has 20 heavy (non-hydrogen) atoms. The summed E-state index contributed by atoms with van der Waals surface area (Å²) in [5.74, 6) is -1.33.